The second kappa shape index (κ2) is 9.28. The molecular formula is C21H24N4OS. The van der Waals surface area contributed by atoms with E-state index >= 15 is 0 Å². The highest BCUT2D eigenvalue weighted by Gasteiger charge is 2.04. The second-order valence-electron chi connectivity index (χ2n) is 6.45. The van der Waals surface area contributed by atoms with E-state index in [4.69, 9.17) is 17.0 Å². The van der Waals surface area contributed by atoms with E-state index in [9.17, 15) is 0 Å². The summed E-state index contributed by atoms with van der Waals surface area (Å²) in [6.07, 6.45) is 4.80. The molecule has 1 heterocycles. The molecule has 0 spiro atoms. The molecule has 0 saturated carbocycles. The maximum absolute atomic E-state index is 5.84. The lowest BCUT2D eigenvalue weighted by molar-refractivity contribution is 0.306. The first-order chi connectivity index (χ1) is 13.2. The molecule has 0 atom stereocenters. The van der Waals surface area contributed by atoms with Gasteiger partial charge in [-0.25, -0.2) is 0 Å². The smallest absolute Gasteiger partial charge is 0.216 e. The maximum atomic E-state index is 5.84. The number of hydrogen-bond acceptors (Lipinski definition) is 4. The minimum Gasteiger partial charge on any atom is -0.489 e. The lowest BCUT2D eigenvalue weighted by Crippen LogP contribution is -1.99. The number of ether oxygens (including phenoxy) is 1. The van der Waals surface area contributed by atoms with Crippen LogP contribution in [-0.2, 0) is 13.0 Å². The molecule has 0 amide bonds. The first-order valence-corrected chi connectivity index (χ1v) is 9.55. The number of H-pyrrole nitrogens is 1. The van der Waals surface area contributed by atoms with Crippen LogP contribution in [0.3, 0.4) is 0 Å². The van der Waals surface area contributed by atoms with Crippen LogP contribution in [0.1, 0.15) is 42.3 Å². The summed E-state index contributed by atoms with van der Waals surface area (Å²) in [7, 11) is 0. The molecule has 0 unspecified atom stereocenters. The van der Waals surface area contributed by atoms with Gasteiger partial charge in [0.05, 0.1) is 6.21 Å². The largest absolute Gasteiger partial charge is 0.489 e. The summed E-state index contributed by atoms with van der Waals surface area (Å²) in [5, 5.41) is 11.5. The summed E-state index contributed by atoms with van der Waals surface area (Å²) in [4.78, 5) is 0. The van der Waals surface area contributed by atoms with Crippen molar-refractivity contribution in [3.8, 4) is 5.75 Å². The van der Waals surface area contributed by atoms with E-state index in [1.807, 2.05) is 24.3 Å². The number of hydrogen-bond donors (Lipinski definition) is 1. The van der Waals surface area contributed by atoms with E-state index in [2.05, 4.69) is 53.4 Å². The number of unbranched alkanes of at least 4 members (excludes halogenated alkanes) is 1. The fraction of sp³-hybridized carbons (Fsp3) is 0.286. The average molecular weight is 381 g/mol. The van der Waals surface area contributed by atoms with Crippen molar-refractivity contribution < 1.29 is 4.74 Å². The van der Waals surface area contributed by atoms with Crippen molar-refractivity contribution in [2.24, 2.45) is 5.10 Å². The Morgan fingerprint density at radius 1 is 1.15 bits per heavy atom. The zero-order valence-corrected chi connectivity index (χ0v) is 16.5. The maximum Gasteiger partial charge on any atom is 0.216 e. The van der Waals surface area contributed by atoms with E-state index < -0.39 is 0 Å². The van der Waals surface area contributed by atoms with Crippen molar-refractivity contribution in [3.63, 3.8) is 0 Å². The number of aryl methyl sites for hydroxylation is 2. The van der Waals surface area contributed by atoms with Crippen molar-refractivity contribution in [1.29, 1.82) is 0 Å². The van der Waals surface area contributed by atoms with Crippen molar-refractivity contribution in [2.45, 2.75) is 39.7 Å². The van der Waals surface area contributed by atoms with Gasteiger partial charge in [-0.1, -0.05) is 43.2 Å². The van der Waals surface area contributed by atoms with Crippen LogP contribution < -0.4 is 4.74 Å². The molecule has 27 heavy (non-hydrogen) atoms. The third-order valence-corrected chi connectivity index (χ3v) is 4.46. The van der Waals surface area contributed by atoms with E-state index in [0.717, 1.165) is 42.0 Å². The quantitative estimate of drug-likeness (QED) is 0.439. The van der Waals surface area contributed by atoms with Crippen LogP contribution in [0, 0.1) is 11.7 Å². The Morgan fingerprint density at radius 2 is 1.89 bits per heavy atom. The Labute approximate surface area is 164 Å². The summed E-state index contributed by atoms with van der Waals surface area (Å²) in [5.41, 5.74) is 3.38. The van der Waals surface area contributed by atoms with Gasteiger partial charge >= 0.3 is 0 Å². The highest BCUT2D eigenvalue weighted by molar-refractivity contribution is 7.71. The van der Waals surface area contributed by atoms with E-state index in [1.54, 1.807) is 10.9 Å². The van der Waals surface area contributed by atoms with Crippen LogP contribution in [0.4, 0.5) is 0 Å². The highest BCUT2D eigenvalue weighted by Crippen LogP contribution is 2.14. The Balaban J connectivity index is 1.62. The molecule has 0 aliphatic heterocycles. The van der Waals surface area contributed by atoms with Gasteiger partial charge in [0.25, 0.3) is 0 Å². The third-order valence-electron chi connectivity index (χ3n) is 4.20. The Bertz CT molecular complexity index is 940. The zero-order valence-electron chi connectivity index (χ0n) is 15.7. The van der Waals surface area contributed by atoms with E-state index in [-0.39, 0.29) is 0 Å². The first-order valence-electron chi connectivity index (χ1n) is 9.15. The number of nitrogens with one attached hydrogen (secondary N) is 1. The van der Waals surface area contributed by atoms with Crippen LogP contribution in [-0.4, -0.2) is 21.1 Å². The summed E-state index contributed by atoms with van der Waals surface area (Å²) >= 11 is 5.26. The molecule has 3 aromatic rings. The lowest BCUT2D eigenvalue weighted by atomic mass is 10.2. The topological polar surface area (TPSA) is 55.2 Å². The third kappa shape index (κ3) is 5.37. The van der Waals surface area contributed by atoms with Gasteiger partial charge in [-0.05, 0) is 61.0 Å². The Kier molecular flexibility index (Phi) is 6.54. The molecule has 2 aromatic carbocycles. The molecule has 140 valence electrons. The lowest BCUT2D eigenvalue weighted by Gasteiger charge is -2.07. The average Bonchev–Trinajstić information content (AvgIpc) is 3.04. The minimum atomic E-state index is 0.510. The molecule has 1 N–H and O–H groups in total. The van der Waals surface area contributed by atoms with Gasteiger partial charge in [-0.15, -0.1) is 0 Å². The second-order valence-corrected chi connectivity index (χ2v) is 6.83. The SMILES string of the molecule is CCCCc1n[nH]c(=S)n1/N=C/c1ccc(OCc2ccc(C)cc2)cc1. The van der Waals surface area contributed by atoms with Gasteiger partial charge in [0.2, 0.25) is 4.77 Å². The van der Waals surface area contributed by atoms with Crippen LogP contribution in [0.2, 0.25) is 0 Å². The van der Waals surface area contributed by atoms with Gasteiger partial charge in [-0.2, -0.15) is 14.9 Å². The normalized spacial score (nSPS) is 11.2. The molecule has 0 saturated heterocycles. The summed E-state index contributed by atoms with van der Waals surface area (Å²) in [5.74, 6) is 1.69. The van der Waals surface area contributed by atoms with E-state index in [1.165, 1.54) is 5.56 Å². The Morgan fingerprint density at radius 3 is 2.59 bits per heavy atom. The molecule has 6 heteroatoms. The van der Waals surface area contributed by atoms with Crippen LogP contribution in [0.5, 0.6) is 5.75 Å². The first kappa shape index (κ1) is 19.0. The van der Waals surface area contributed by atoms with E-state index in [0.29, 0.717) is 11.4 Å². The number of aromatic amines is 1. The van der Waals surface area contributed by atoms with Crippen molar-refractivity contribution in [1.82, 2.24) is 14.9 Å². The summed E-state index contributed by atoms with van der Waals surface area (Å²) in [6, 6.07) is 16.2. The molecule has 0 aliphatic carbocycles. The van der Waals surface area contributed by atoms with Crippen LogP contribution in [0.15, 0.2) is 53.6 Å². The predicted molar refractivity (Wildman–Crippen MR) is 111 cm³/mol. The Hall–Kier alpha value is -2.73. The van der Waals surface area contributed by atoms with Gasteiger partial charge in [0, 0.05) is 6.42 Å². The molecule has 0 aliphatic rings. The van der Waals surface area contributed by atoms with Gasteiger partial charge < -0.3 is 4.74 Å². The zero-order chi connectivity index (χ0) is 19.1. The van der Waals surface area contributed by atoms with Crippen molar-refractivity contribution in [2.75, 3.05) is 0 Å². The van der Waals surface area contributed by atoms with Crippen LogP contribution >= 0.6 is 12.2 Å². The molecule has 0 radical (unpaired) electrons. The fourth-order valence-corrected chi connectivity index (χ4v) is 2.76. The number of aromatic nitrogens is 3. The molecule has 3 rings (SSSR count). The van der Waals surface area contributed by atoms with Crippen molar-refractivity contribution in [3.05, 3.63) is 75.8 Å². The number of benzene rings is 2. The van der Waals surface area contributed by atoms with Gasteiger partial charge in [0.15, 0.2) is 5.82 Å². The number of rotatable bonds is 8. The van der Waals surface area contributed by atoms with Crippen molar-refractivity contribution >= 4 is 18.4 Å². The summed E-state index contributed by atoms with van der Waals surface area (Å²) in [6.45, 7) is 4.78. The molecule has 1 aromatic heterocycles. The number of nitrogens with zero attached hydrogens (tertiary/aromatic N) is 3. The predicted octanol–water partition coefficient (Wildman–Crippen LogP) is 5.05. The molecule has 0 bridgehead atoms. The van der Waals surface area contributed by atoms with Gasteiger partial charge in [-0.3, -0.25) is 5.10 Å². The minimum absolute atomic E-state index is 0.510. The monoisotopic (exact) mass is 380 g/mol. The molecular weight excluding hydrogens is 356 g/mol. The molecule has 5 nitrogen and oxygen atoms in total. The highest BCUT2D eigenvalue weighted by atomic mass is 32.1. The summed E-state index contributed by atoms with van der Waals surface area (Å²) < 4.78 is 8.04. The van der Waals surface area contributed by atoms with Crippen LogP contribution in [0.25, 0.3) is 0 Å². The molecule has 0 fully saturated rings. The fourth-order valence-electron chi connectivity index (χ4n) is 2.57. The standard InChI is InChI=1S/C21H24N4OS/c1-3-4-5-20-23-24-21(27)25(20)22-14-17-10-12-19(13-11-17)26-15-18-8-6-16(2)7-9-18/h6-14H,3-5,15H2,1-2H3,(H,24,27)/b22-14+. The van der Waals surface area contributed by atoms with Gasteiger partial charge in [0.1, 0.15) is 12.4 Å².